The largest absolute Gasteiger partial charge is 0.384 e. The number of hydrogen-bond donors (Lipinski definition) is 1. The summed E-state index contributed by atoms with van der Waals surface area (Å²) < 4.78 is 5.58. The lowest BCUT2D eigenvalue weighted by Gasteiger charge is -2.23. The number of anilines is 1. The second kappa shape index (κ2) is 5.17. The summed E-state index contributed by atoms with van der Waals surface area (Å²) in [5.74, 6) is 3.22. The van der Waals surface area contributed by atoms with E-state index < -0.39 is 0 Å². The summed E-state index contributed by atoms with van der Waals surface area (Å²) in [6, 6.07) is 8.37. The molecule has 1 aliphatic carbocycles. The summed E-state index contributed by atoms with van der Waals surface area (Å²) in [6.07, 6.45) is 4.95. The van der Waals surface area contributed by atoms with Crippen LogP contribution in [0.3, 0.4) is 0 Å². The van der Waals surface area contributed by atoms with E-state index in [1.807, 2.05) is 0 Å². The van der Waals surface area contributed by atoms with E-state index in [2.05, 4.69) is 41.7 Å². The molecule has 1 N–H and O–H groups in total. The molecule has 1 saturated carbocycles. The van der Waals surface area contributed by atoms with Crippen molar-refractivity contribution >= 4 is 5.69 Å². The molecule has 21 heavy (non-hydrogen) atoms. The Hall–Kier alpha value is -1.84. The standard InChI is InChI=1S/C17H21N3O/c1-11-6-8-12(9-7-11)16-19-17(21-20-16)14-10-18-15-5-3-2-4-13(14)15/h2-5,11-12,14,18H,6-10H2,1H3. The van der Waals surface area contributed by atoms with Crippen LogP contribution in [0.4, 0.5) is 5.69 Å². The van der Waals surface area contributed by atoms with E-state index in [1.54, 1.807) is 0 Å². The van der Waals surface area contributed by atoms with Crippen LogP contribution in [0.15, 0.2) is 28.8 Å². The molecule has 4 rings (SSSR count). The number of rotatable bonds is 2. The van der Waals surface area contributed by atoms with Gasteiger partial charge in [0.1, 0.15) is 0 Å². The van der Waals surface area contributed by atoms with Crippen molar-refractivity contribution in [2.24, 2.45) is 5.92 Å². The molecule has 4 heteroatoms. The third-order valence-corrected chi connectivity index (χ3v) is 4.97. The Morgan fingerprint density at radius 2 is 1.95 bits per heavy atom. The average Bonchev–Trinajstić information content (AvgIpc) is 3.14. The third-order valence-electron chi connectivity index (χ3n) is 4.97. The van der Waals surface area contributed by atoms with Crippen molar-refractivity contribution < 1.29 is 4.52 Å². The molecule has 1 aromatic carbocycles. The molecular formula is C17H21N3O. The summed E-state index contributed by atoms with van der Waals surface area (Å²) in [5.41, 5.74) is 2.46. The first kappa shape index (κ1) is 12.9. The highest BCUT2D eigenvalue weighted by atomic mass is 16.5. The van der Waals surface area contributed by atoms with E-state index in [9.17, 15) is 0 Å². The number of aromatic nitrogens is 2. The molecule has 0 amide bonds. The monoisotopic (exact) mass is 283 g/mol. The second-order valence-corrected chi connectivity index (χ2v) is 6.47. The first-order valence-electron chi connectivity index (χ1n) is 7.97. The van der Waals surface area contributed by atoms with Crippen molar-refractivity contribution in [2.45, 2.75) is 44.4 Å². The Balaban J connectivity index is 1.55. The van der Waals surface area contributed by atoms with Crippen LogP contribution in [0.5, 0.6) is 0 Å². The van der Waals surface area contributed by atoms with Gasteiger partial charge in [0.25, 0.3) is 0 Å². The highest BCUT2D eigenvalue weighted by Crippen LogP contribution is 2.37. The topological polar surface area (TPSA) is 51.0 Å². The van der Waals surface area contributed by atoms with Crippen molar-refractivity contribution in [1.82, 2.24) is 10.1 Å². The summed E-state index contributed by atoms with van der Waals surface area (Å²) in [4.78, 5) is 4.72. The van der Waals surface area contributed by atoms with Gasteiger partial charge in [-0.2, -0.15) is 4.98 Å². The van der Waals surface area contributed by atoms with Crippen LogP contribution in [-0.2, 0) is 0 Å². The molecule has 2 heterocycles. The highest BCUT2D eigenvalue weighted by Gasteiger charge is 2.30. The fourth-order valence-electron chi connectivity index (χ4n) is 3.58. The van der Waals surface area contributed by atoms with E-state index in [0.29, 0.717) is 5.92 Å². The molecule has 1 aromatic heterocycles. The van der Waals surface area contributed by atoms with Gasteiger partial charge >= 0.3 is 0 Å². The van der Waals surface area contributed by atoms with Crippen molar-refractivity contribution in [3.63, 3.8) is 0 Å². The first-order valence-corrected chi connectivity index (χ1v) is 7.97. The lowest BCUT2D eigenvalue weighted by Crippen LogP contribution is -2.12. The summed E-state index contributed by atoms with van der Waals surface area (Å²) in [6.45, 7) is 3.18. The molecule has 0 spiro atoms. The quantitative estimate of drug-likeness (QED) is 0.907. The van der Waals surface area contributed by atoms with Gasteiger partial charge in [-0.3, -0.25) is 0 Å². The van der Waals surface area contributed by atoms with E-state index in [-0.39, 0.29) is 5.92 Å². The molecule has 2 aromatic rings. The minimum absolute atomic E-state index is 0.199. The maximum Gasteiger partial charge on any atom is 0.236 e. The van der Waals surface area contributed by atoms with Crippen LogP contribution in [0.25, 0.3) is 0 Å². The SMILES string of the molecule is CC1CCC(c2noc(C3CNc4ccccc43)n2)CC1. The van der Waals surface area contributed by atoms with E-state index >= 15 is 0 Å². The van der Waals surface area contributed by atoms with Crippen molar-refractivity contribution in [1.29, 1.82) is 0 Å². The molecule has 1 fully saturated rings. The van der Waals surface area contributed by atoms with Gasteiger partial charge < -0.3 is 9.84 Å². The Kier molecular flexibility index (Phi) is 3.17. The van der Waals surface area contributed by atoms with Gasteiger partial charge in [0, 0.05) is 18.2 Å². The zero-order valence-electron chi connectivity index (χ0n) is 12.4. The molecule has 0 bridgehead atoms. The Morgan fingerprint density at radius 1 is 1.14 bits per heavy atom. The number of nitrogens with zero attached hydrogens (tertiary/aromatic N) is 2. The zero-order valence-corrected chi connectivity index (χ0v) is 12.4. The fourth-order valence-corrected chi connectivity index (χ4v) is 3.58. The third kappa shape index (κ3) is 2.33. The molecule has 0 radical (unpaired) electrons. The molecule has 4 nitrogen and oxygen atoms in total. The van der Waals surface area contributed by atoms with Gasteiger partial charge in [0.15, 0.2) is 5.82 Å². The number of hydrogen-bond acceptors (Lipinski definition) is 4. The van der Waals surface area contributed by atoms with Crippen LogP contribution < -0.4 is 5.32 Å². The van der Waals surface area contributed by atoms with E-state index in [1.165, 1.54) is 36.9 Å². The van der Waals surface area contributed by atoms with Crippen LogP contribution >= 0.6 is 0 Å². The Morgan fingerprint density at radius 3 is 2.81 bits per heavy atom. The number of benzene rings is 1. The van der Waals surface area contributed by atoms with E-state index in [4.69, 9.17) is 9.51 Å². The van der Waals surface area contributed by atoms with Gasteiger partial charge in [-0.05, 0) is 30.4 Å². The zero-order chi connectivity index (χ0) is 14.2. The van der Waals surface area contributed by atoms with Crippen molar-refractivity contribution in [3.8, 4) is 0 Å². The number of nitrogens with one attached hydrogen (secondary N) is 1. The maximum atomic E-state index is 5.58. The van der Waals surface area contributed by atoms with Crippen LogP contribution in [-0.4, -0.2) is 16.7 Å². The van der Waals surface area contributed by atoms with Crippen molar-refractivity contribution in [3.05, 3.63) is 41.5 Å². The smallest absolute Gasteiger partial charge is 0.236 e. The lowest BCUT2D eigenvalue weighted by molar-refractivity contribution is 0.322. The molecule has 110 valence electrons. The normalized spacial score (nSPS) is 28.1. The van der Waals surface area contributed by atoms with E-state index in [0.717, 1.165) is 24.2 Å². The van der Waals surface area contributed by atoms with Crippen LogP contribution in [0.2, 0.25) is 0 Å². The molecular weight excluding hydrogens is 262 g/mol. The van der Waals surface area contributed by atoms with Crippen molar-refractivity contribution in [2.75, 3.05) is 11.9 Å². The number of fused-ring (bicyclic) bond motifs is 1. The Bertz CT molecular complexity index is 628. The molecule has 0 saturated heterocycles. The fraction of sp³-hybridized carbons (Fsp3) is 0.529. The highest BCUT2D eigenvalue weighted by molar-refractivity contribution is 5.59. The Labute approximate surface area is 124 Å². The summed E-state index contributed by atoms with van der Waals surface area (Å²) in [7, 11) is 0. The molecule has 1 unspecified atom stereocenters. The first-order chi connectivity index (χ1) is 10.3. The minimum atomic E-state index is 0.199. The van der Waals surface area contributed by atoms with Crippen LogP contribution in [0.1, 0.15) is 61.7 Å². The second-order valence-electron chi connectivity index (χ2n) is 6.47. The molecule has 2 aliphatic rings. The maximum absolute atomic E-state index is 5.58. The molecule has 1 aliphatic heterocycles. The number of para-hydroxylation sites is 1. The van der Waals surface area contributed by atoms with Gasteiger partial charge in [0.2, 0.25) is 5.89 Å². The van der Waals surface area contributed by atoms with Gasteiger partial charge in [-0.25, -0.2) is 0 Å². The van der Waals surface area contributed by atoms with Crippen LogP contribution in [0, 0.1) is 5.92 Å². The summed E-state index contributed by atoms with van der Waals surface area (Å²) >= 11 is 0. The lowest BCUT2D eigenvalue weighted by atomic mass is 9.83. The molecule has 1 atom stereocenters. The predicted molar refractivity (Wildman–Crippen MR) is 81.4 cm³/mol. The minimum Gasteiger partial charge on any atom is -0.384 e. The van der Waals surface area contributed by atoms with Gasteiger partial charge in [0.05, 0.1) is 5.92 Å². The van der Waals surface area contributed by atoms with Gasteiger partial charge in [-0.15, -0.1) is 0 Å². The predicted octanol–water partition coefficient (Wildman–Crippen LogP) is 3.92. The van der Waals surface area contributed by atoms with Gasteiger partial charge in [-0.1, -0.05) is 43.1 Å². The average molecular weight is 283 g/mol. The summed E-state index contributed by atoms with van der Waals surface area (Å²) in [5, 5.41) is 7.68.